The van der Waals surface area contributed by atoms with Crippen LogP contribution in [-0.2, 0) is 19.1 Å². The monoisotopic (exact) mass is 342 g/mol. The predicted octanol–water partition coefficient (Wildman–Crippen LogP) is 0.808. The first-order valence-electron chi connectivity index (χ1n) is 7.22. The number of methoxy groups -OCH3 is 1. The van der Waals surface area contributed by atoms with Crippen molar-refractivity contribution in [1.29, 1.82) is 0 Å². The van der Waals surface area contributed by atoms with Crippen molar-refractivity contribution in [3.8, 4) is 0 Å². The molecule has 0 spiro atoms. The molecule has 1 aromatic heterocycles. The van der Waals surface area contributed by atoms with E-state index in [4.69, 9.17) is 9.47 Å². The Hall–Kier alpha value is -1.93. The number of esters is 1. The third kappa shape index (κ3) is 6.79. The fraction of sp³-hybridized carbons (Fsp3) is 0.533. The van der Waals surface area contributed by atoms with Crippen LogP contribution in [0.3, 0.4) is 0 Å². The van der Waals surface area contributed by atoms with Gasteiger partial charge in [0.05, 0.1) is 11.5 Å². The summed E-state index contributed by atoms with van der Waals surface area (Å²) in [5.41, 5.74) is 0. The Morgan fingerprint density at radius 3 is 2.61 bits per heavy atom. The summed E-state index contributed by atoms with van der Waals surface area (Å²) in [6.45, 7) is 3.92. The van der Waals surface area contributed by atoms with Gasteiger partial charge in [-0.05, 0) is 17.4 Å². The third-order valence-electron chi connectivity index (χ3n) is 2.93. The molecule has 1 heterocycles. The molecule has 7 nitrogen and oxygen atoms in total. The van der Waals surface area contributed by atoms with E-state index in [2.05, 4.69) is 10.6 Å². The van der Waals surface area contributed by atoms with Gasteiger partial charge in [-0.3, -0.25) is 9.59 Å². The summed E-state index contributed by atoms with van der Waals surface area (Å²) >= 11 is 1.29. The molecule has 0 aliphatic rings. The minimum absolute atomic E-state index is 0.164. The minimum atomic E-state index is -0.809. The van der Waals surface area contributed by atoms with Crippen LogP contribution in [0.25, 0.3) is 0 Å². The SMILES string of the molecule is COCCNC(=O)COC(=O)[C@H](NC(=O)c1cccs1)C(C)C. The average Bonchev–Trinajstić information content (AvgIpc) is 3.04. The van der Waals surface area contributed by atoms with Gasteiger partial charge in [0.25, 0.3) is 11.8 Å². The average molecular weight is 342 g/mol. The largest absolute Gasteiger partial charge is 0.454 e. The van der Waals surface area contributed by atoms with E-state index in [0.717, 1.165) is 0 Å². The number of carbonyl (C=O) groups is 3. The second kappa shape index (κ2) is 9.96. The number of ether oxygens (including phenoxy) is 2. The van der Waals surface area contributed by atoms with Crippen molar-refractivity contribution >= 4 is 29.1 Å². The number of amides is 2. The smallest absolute Gasteiger partial charge is 0.329 e. The summed E-state index contributed by atoms with van der Waals surface area (Å²) in [5.74, 6) is -1.54. The Labute approximate surface area is 139 Å². The summed E-state index contributed by atoms with van der Waals surface area (Å²) in [4.78, 5) is 36.1. The van der Waals surface area contributed by atoms with Crippen molar-refractivity contribution in [2.75, 3.05) is 26.9 Å². The van der Waals surface area contributed by atoms with Crippen LogP contribution in [0.1, 0.15) is 23.5 Å². The summed E-state index contributed by atoms with van der Waals surface area (Å²) in [6, 6.07) is 2.62. The van der Waals surface area contributed by atoms with Crippen molar-refractivity contribution in [3.05, 3.63) is 22.4 Å². The molecular formula is C15H22N2O5S. The lowest BCUT2D eigenvalue weighted by Gasteiger charge is -2.20. The van der Waals surface area contributed by atoms with Crippen molar-refractivity contribution in [3.63, 3.8) is 0 Å². The molecule has 0 fully saturated rings. The molecule has 1 rings (SSSR count). The van der Waals surface area contributed by atoms with Crippen LogP contribution in [-0.4, -0.2) is 50.7 Å². The molecule has 0 unspecified atom stereocenters. The fourth-order valence-electron chi connectivity index (χ4n) is 1.69. The van der Waals surface area contributed by atoms with E-state index in [-0.39, 0.29) is 18.4 Å². The van der Waals surface area contributed by atoms with E-state index in [1.54, 1.807) is 31.4 Å². The number of carbonyl (C=O) groups excluding carboxylic acids is 3. The summed E-state index contributed by atoms with van der Waals surface area (Å²) in [5, 5.41) is 6.96. The molecule has 128 valence electrons. The molecule has 23 heavy (non-hydrogen) atoms. The first-order chi connectivity index (χ1) is 11.0. The van der Waals surface area contributed by atoms with Gasteiger partial charge in [0.2, 0.25) is 0 Å². The molecule has 8 heteroatoms. The summed E-state index contributed by atoms with van der Waals surface area (Å²) in [7, 11) is 1.52. The van der Waals surface area contributed by atoms with Crippen molar-refractivity contribution < 1.29 is 23.9 Å². The molecule has 0 aliphatic heterocycles. The number of nitrogens with one attached hydrogen (secondary N) is 2. The minimum Gasteiger partial charge on any atom is -0.454 e. The quantitative estimate of drug-likeness (QED) is 0.512. The number of hydrogen-bond acceptors (Lipinski definition) is 6. The molecule has 2 amide bonds. The van der Waals surface area contributed by atoms with E-state index < -0.39 is 17.9 Å². The van der Waals surface area contributed by atoms with Gasteiger partial charge < -0.3 is 20.1 Å². The van der Waals surface area contributed by atoms with Gasteiger partial charge >= 0.3 is 5.97 Å². The molecule has 0 saturated carbocycles. The zero-order valence-corrected chi connectivity index (χ0v) is 14.3. The van der Waals surface area contributed by atoms with E-state index in [1.807, 2.05) is 0 Å². The van der Waals surface area contributed by atoms with Crippen molar-refractivity contribution in [2.45, 2.75) is 19.9 Å². The van der Waals surface area contributed by atoms with Gasteiger partial charge in [0, 0.05) is 13.7 Å². The molecule has 0 saturated heterocycles. The summed E-state index contributed by atoms with van der Waals surface area (Å²) < 4.78 is 9.77. The third-order valence-corrected chi connectivity index (χ3v) is 3.79. The lowest BCUT2D eigenvalue weighted by molar-refractivity contribution is -0.151. The van der Waals surface area contributed by atoms with Gasteiger partial charge in [-0.25, -0.2) is 4.79 Å². The fourth-order valence-corrected chi connectivity index (χ4v) is 2.31. The number of thiophene rings is 1. The molecular weight excluding hydrogens is 320 g/mol. The summed E-state index contributed by atoms with van der Waals surface area (Å²) in [6.07, 6.45) is 0. The second-order valence-electron chi connectivity index (χ2n) is 5.12. The lowest BCUT2D eigenvalue weighted by Crippen LogP contribution is -2.46. The standard InChI is InChI=1S/C15H22N2O5S/c1-10(2)13(17-14(19)11-5-4-8-23-11)15(20)22-9-12(18)16-6-7-21-3/h4-5,8,10,13H,6-7,9H2,1-3H3,(H,16,18)(H,17,19)/t13-/m1/s1. The molecule has 0 aliphatic carbocycles. The van der Waals surface area contributed by atoms with Crippen LogP contribution < -0.4 is 10.6 Å². The van der Waals surface area contributed by atoms with Crippen LogP contribution in [0.4, 0.5) is 0 Å². The highest BCUT2D eigenvalue weighted by atomic mass is 32.1. The number of hydrogen-bond donors (Lipinski definition) is 2. The van der Waals surface area contributed by atoms with E-state index >= 15 is 0 Å². The van der Waals surface area contributed by atoms with Crippen LogP contribution in [0.2, 0.25) is 0 Å². The number of rotatable bonds is 9. The molecule has 0 aromatic carbocycles. The maximum Gasteiger partial charge on any atom is 0.329 e. The molecule has 0 radical (unpaired) electrons. The maximum atomic E-state index is 12.1. The zero-order valence-electron chi connectivity index (χ0n) is 13.5. The van der Waals surface area contributed by atoms with Crippen molar-refractivity contribution in [2.24, 2.45) is 5.92 Å². The lowest BCUT2D eigenvalue weighted by atomic mass is 10.0. The van der Waals surface area contributed by atoms with Gasteiger partial charge in [0.15, 0.2) is 6.61 Å². The van der Waals surface area contributed by atoms with Crippen LogP contribution >= 0.6 is 11.3 Å². The van der Waals surface area contributed by atoms with Crippen LogP contribution in [0.15, 0.2) is 17.5 Å². The molecule has 0 bridgehead atoms. The van der Waals surface area contributed by atoms with Gasteiger partial charge in [-0.15, -0.1) is 11.3 Å². The molecule has 1 atom stereocenters. The first kappa shape index (κ1) is 19.1. The van der Waals surface area contributed by atoms with E-state index in [0.29, 0.717) is 18.0 Å². The maximum absolute atomic E-state index is 12.1. The second-order valence-corrected chi connectivity index (χ2v) is 6.07. The van der Waals surface area contributed by atoms with Gasteiger partial charge in [-0.2, -0.15) is 0 Å². The highest BCUT2D eigenvalue weighted by Gasteiger charge is 2.26. The van der Waals surface area contributed by atoms with E-state index in [1.165, 1.54) is 18.4 Å². The normalized spacial score (nSPS) is 11.8. The Morgan fingerprint density at radius 2 is 2.04 bits per heavy atom. The topological polar surface area (TPSA) is 93.7 Å². The molecule has 1 aromatic rings. The Balaban J connectivity index is 2.48. The highest BCUT2D eigenvalue weighted by molar-refractivity contribution is 7.12. The first-order valence-corrected chi connectivity index (χ1v) is 8.10. The van der Waals surface area contributed by atoms with Crippen LogP contribution in [0.5, 0.6) is 0 Å². The molecule has 2 N–H and O–H groups in total. The van der Waals surface area contributed by atoms with Gasteiger partial charge in [0.1, 0.15) is 6.04 Å². The van der Waals surface area contributed by atoms with Crippen molar-refractivity contribution in [1.82, 2.24) is 10.6 Å². The highest BCUT2D eigenvalue weighted by Crippen LogP contribution is 2.11. The van der Waals surface area contributed by atoms with Crippen LogP contribution in [0, 0.1) is 5.92 Å². The van der Waals surface area contributed by atoms with Gasteiger partial charge in [-0.1, -0.05) is 19.9 Å². The Bertz CT molecular complexity index is 516. The Morgan fingerprint density at radius 1 is 1.30 bits per heavy atom. The predicted molar refractivity (Wildman–Crippen MR) is 86.3 cm³/mol. The van der Waals surface area contributed by atoms with E-state index in [9.17, 15) is 14.4 Å². The zero-order chi connectivity index (χ0) is 17.2. The Kier molecular flexibility index (Phi) is 8.28.